The fourth-order valence-corrected chi connectivity index (χ4v) is 2.54. The predicted octanol–water partition coefficient (Wildman–Crippen LogP) is 1.44. The van der Waals surface area contributed by atoms with E-state index >= 15 is 0 Å². The summed E-state index contributed by atoms with van der Waals surface area (Å²) in [5.74, 6) is -0.600. The number of amides is 1. The lowest BCUT2D eigenvalue weighted by atomic mass is 10.2. The topological polar surface area (TPSA) is 108 Å². The summed E-state index contributed by atoms with van der Waals surface area (Å²) in [7, 11) is 0. The molecule has 2 heterocycles. The van der Waals surface area contributed by atoms with Crippen molar-refractivity contribution in [1.82, 2.24) is 15.0 Å². The van der Waals surface area contributed by atoms with Gasteiger partial charge in [0.15, 0.2) is 5.13 Å². The first-order valence-corrected chi connectivity index (χ1v) is 7.16. The van der Waals surface area contributed by atoms with Gasteiger partial charge < -0.3 is 4.98 Å². The summed E-state index contributed by atoms with van der Waals surface area (Å²) in [6.07, 6.45) is 0. The highest BCUT2D eigenvalue weighted by Gasteiger charge is 2.11. The minimum atomic E-state index is -0.734. The van der Waals surface area contributed by atoms with Crippen molar-refractivity contribution < 1.29 is 4.79 Å². The molecule has 3 aromatic rings. The van der Waals surface area contributed by atoms with Crippen LogP contribution in [0, 0.1) is 0 Å². The zero-order valence-corrected chi connectivity index (χ0v) is 11.9. The van der Waals surface area contributed by atoms with Gasteiger partial charge in [0.25, 0.3) is 11.5 Å². The van der Waals surface area contributed by atoms with Crippen molar-refractivity contribution in [1.29, 1.82) is 0 Å². The molecule has 0 saturated heterocycles. The van der Waals surface area contributed by atoms with Crippen LogP contribution in [0.25, 0.3) is 11.3 Å². The standard InChI is InChI=1S/C14H10N4O3S/c19-11-6-9(15-13(21)17-11)12(20)18-14-16-10(7-22-14)8-4-2-1-3-5-8/h1-7H,(H,16,18,20)(H2,15,17,19,21). The Morgan fingerprint density at radius 1 is 1.14 bits per heavy atom. The SMILES string of the molecule is O=C(Nc1nc(-c2ccccc2)cs1)c1cc(=O)[nH]c(=O)[nH]1. The molecule has 0 unspecified atom stereocenters. The quantitative estimate of drug-likeness (QED) is 0.679. The molecule has 22 heavy (non-hydrogen) atoms. The Morgan fingerprint density at radius 3 is 2.64 bits per heavy atom. The van der Waals surface area contributed by atoms with Crippen LogP contribution in [0.1, 0.15) is 10.5 Å². The van der Waals surface area contributed by atoms with Crippen LogP contribution < -0.4 is 16.6 Å². The van der Waals surface area contributed by atoms with Crippen molar-refractivity contribution in [3.05, 3.63) is 68.3 Å². The van der Waals surface area contributed by atoms with Crippen molar-refractivity contribution in [2.45, 2.75) is 0 Å². The number of carbonyl (C=O) groups is 1. The van der Waals surface area contributed by atoms with E-state index in [1.165, 1.54) is 11.3 Å². The molecule has 0 radical (unpaired) electrons. The fourth-order valence-electron chi connectivity index (χ4n) is 1.83. The van der Waals surface area contributed by atoms with Crippen LogP contribution in [0.15, 0.2) is 51.4 Å². The molecule has 0 fully saturated rings. The number of thiazole rings is 1. The van der Waals surface area contributed by atoms with Gasteiger partial charge in [-0.05, 0) is 0 Å². The molecule has 0 atom stereocenters. The summed E-state index contributed by atoms with van der Waals surface area (Å²) < 4.78 is 0. The van der Waals surface area contributed by atoms with Gasteiger partial charge in [-0.15, -0.1) is 11.3 Å². The van der Waals surface area contributed by atoms with Gasteiger partial charge in [-0.3, -0.25) is 19.9 Å². The molecule has 3 rings (SSSR count). The first kappa shape index (κ1) is 14.0. The average molecular weight is 314 g/mol. The Balaban J connectivity index is 1.82. The van der Waals surface area contributed by atoms with E-state index in [4.69, 9.17) is 0 Å². The fraction of sp³-hybridized carbons (Fsp3) is 0. The van der Waals surface area contributed by atoms with Crippen molar-refractivity contribution in [2.24, 2.45) is 0 Å². The molecule has 0 aliphatic rings. The second-order valence-electron chi connectivity index (χ2n) is 4.36. The average Bonchev–Trinajstić information content (AvgIpc) is 2.95. The van der Waals surface area contributed by atoms with Crippen molar-refractivity contribution >= 4 is 22.4 Å². The third-order valence-corrected chi connectivity index (χ3v) is 3.56. The van der Waals surface area contributed by atoms with Gasteiger partial charge in [0.05, 0.1) is 5.69 Å². The maximum absolute atomic E-state index is 12.0. The molecule has 1 aromatic carbocycles. The van der Waals surface area contributed by atoms with Crippen LogP contribution in [0.5, 0.6) is 0 Å². The van der Waals surface area contributed by atoms with E-state index in [0.29, 0.717) is 5.13 Å². The Kier molecular flexibility index (Phi) is 3.67. The molecule has 0 bridgehead atoms. The Morgan fingerprint density at radius 2 is 1.91 bits per heavy atom. The molecule has 2 aromatic heterocycles. The van der Waals surface area contributed by atoms with Crippen LogP contribution in [-0.2, 0) is 0 Å². The van der Waals surface area contributed by atoms with Gasteiger partial charge in [0.2, 0.25) is 0 Å². The summed E-state index contributed by atoms with van der Waals surface area (Å²) >= 11 is 1.25. The lowest BCUT2D eigenvalue weighted by molar-refractivity contribution is 0.102. The Labute approximate surface area is 127 Å². The molecule has 0 saturated carbocycles. The molecule has 1 amide bonds. The molecule has 3 N–H and O–H groups in total. The molecular formula is C14H10N4O3S. The molecular weight excluding hydrogens is 304 g/mol. The smallest absolute Gasteiger partial charge is 0.303 e. The second kappa shape index (κ2) is 5.78. The summed E-state index contributed by atoms with van der Waals surface area (Å²) in [6.45, 7) is 0. The van der Waals surface area contributed by atoms with E-state index in [1.54, 1.807) is 0 Å². The lowest BCUT2D eigenvalue weighted by Crippen LogP contribution is -2.27. The maximum atomic E-state index is 12.0. The summed E-state index contributed by atoms with van der Waals surface area (Å²) in [5, 5.41) is 4.74. The van der Waals surface area contributed by atoms with E-state index in [9.17, 15) is 14.4 Å². The number of hydrogen-bond acceptors (Lipinski definition) is 5. The van der Waals surface area contributed by atoms with Gasteiger partial charge in [0.1, 0.15) is 5.69 Å². The first-order chi connectivity index (χ1) is 10.6. The summed E-state index contributed by atoms with van der Waals surface area (Å²) in [6, 6.07) is 10.5. The molecule has 110 valence electrons. The number of anilines is 1. The van der Waals surface area contributed by atoms with Gasteiger partial charge in [-0.2, -0.15) is 0 Å². The lowest BCUT2D eigenvalue weighted by Gasteiger charge is -2.00. The number of nitrogens with zero attached hydrogens (tertiary/aromatic N) is 1. The molecule has 8 heteroatoms. The maximum Gasteiger partial charge on any atom is 0.326 e. The number of rotatable bonds is 3. The first-order valence-electron chi connectivity index (χ1n) is 6.28. The Bertz CT molecular complexity index is 899. The largest absolute Gasteiger partial charge is 0.326 e. The van der Waals surface area contributed by atoms with Crippen LogP contribution in [-0.4, -0.2) is 20.9 Å². The van der Waals surface area contributed by atoms with Crippen LogP contribution in [0.3, 0.4) is 0 Å². The molecule has 7 nitrogen and oxygen atoms in total. The predicted molar refractivity (Wildman–Crippen MR) is 83.2 cm³/mol. The van der Waals surface area contributed by atoms with Gasteiger partial charge >= 0.3 is 5.69 Å². The second-order valence-corrected chi connectivity index (χ2v) is 5.22. The van der Waals surface area contributed by atoms with Crippen LogP contribution >= 0.6 is 11.3 Å². The van der Waals surface area contributed by atoms with E-state index < -0.39 is 17.2 Å². The van der Waals surface area contributed by atoms with Crippen molar-refractivity contribution in [3.8, 4) is 11.3 Å². The zero-order valence-electron chi connectivity index (χ0n) is 11.1. The number of aromatic nitrogens is 3. The highest BCUT2D eigenvalue weighted by atomic mass is 32.1. The Hall–Kier alpha value is -3.00. The summed E-state index contributed by atoms with van der Waals surface area (Å²) in [4.78, 5) is 42.9. The number of carbonyl (C=O) groups excluding carboxylic acids is 1. The van der Waals surface area contributed by atoms with Gasteiger partial charge in [-0.25, -0.2) is 9.78 Å². The van der Waals surface area contributed by atoms with Crippen LogP contribution in [0.2, 0.25) is 0 Å². The van der Waals surface area contributed by atoms with E-state index in [0.717, 1.165) is 17.3 Å². The van der Waals surface area contributed by atoms with E-state index in [-0.39, 0.29) is 5.69 Å². The summed E-state index contributed by atoms with van der Waals surface area (Å²) in [5.41, 5.74) is 0.175. The highest BCUT2D eigenvalue weighted by Crippen LogP contribution is 2.24. The third-order valence-electron chi connectivity index (χ3n) is 2.80. The minimum Gasteiger partial charge on any atom is -0.303 e. The highest BCUT2D eigenvalue weighted by molar-refractivity contribution is 7.14. The number of nitrogens with one attached hydrogen (secondary N) is 3. The monoisotopic (exact) mass is 314 g/mol. The van der Waals surface area contributed by atoms with Crippen molar-refractivity contribution in [2.75, 3.05) is 5.32 Å². The van der Waals surface area contributed by atoms with Gasteiger partial charge in [-0.1, -0.05) is 30.3 Å². The van der Waals surface area contributed by atoms with Crippen LogP contribution in [0.4, 0.5) is 5.13 Å². The molecule has 0 spiro atoms. The number of hydrogen-bond donors (Lipinski definition) is 3. The van der Waals surface area contributed by atoms with E-state index in [1.807, 2.05) is 40.7 Å². The number of H-pyrrole nitrogens is 2. The molecule has 0 aliphatic heterocycles. The van der Waals surface area contributed by atoms with Gasteiger partial charge in [0, 0.05) is 17.0 Å². The zero-order chi connectivity index (χ0) is 15.5. The molecule has 0 aliphatic carbocycles. The minimum absolute atomic E-state index is 0.120. The normalized spacial score (nSPS) is 10.4. The van der Waals surface area contributed by atoms with Crippen molar-refractivity contribution in [3.63, 3.8) is 0 Å². The third kappa shape index (κ3) is 3.01. The number of benzene rings is 1. The van der Waals surface area contributed by atoms with E-state index in [2.05, 4.69) is 15.3 Å². The number of aromatic amines is 2.